The number of ether oxygens (including phenoxy) is 2. The van der Waals surface area contributed by atoms with Crippen LogP contribution in [0.25, 0.3) is 0 Å². The summed E-state index contributed by atoms with van der Waals surface area (Å²) in [5, 5.41) is 11.7. The summed E-state index contributed by atoms with van der Waals surface area (Å²) >= 11 is 0. The largest absolute Gasteiger partial charge is 0.467 e. The molecule has 0 spiro atoms. The Morgan fingerprint density at radius 3 is 2.78 bits per heavy atom. The number of aliphatic hydroxyl groups is 1. The summed E-state index contributed by atoms with van der Waals surface area (Å²) in [4.78, 5) is 14.6. The monoisotopic (exact) mass is 255 g/mol. The van der Waals surface area contributed by atoms with Crippen molar-refractivity contribution in [2.24, 2.45) is 0 Å². The highest BCUT2D eigenvalue weighted by molar-refractivity contribution is 5.38. The van der Waals surface area contributed by atoms with Crippen molar-refractivity contribution in [2.75, 3.05) is 56.8 Å². The van der Waals surface area contributed by atoms with Gasteiger partial charge in [0.1, 0.15) is 0 Å². The van der Waals surface area contributed by atoms with Crippen LogP contribution in [0.5, 0.6) is 6.01 Å². The predicted octanol–water partition coefficient (Wildman–Crippen LogP) is -0.879. The Labute approximate surface area is 105 Å². The molecule has 0 unspecified atom stereocenters. The average Bonchev–Trinajstić information content (AvgIpc) is 2.45. The molecule has 1 aromatic heterocycles. The standard InChI is InChI=1S/C10H17N5O3/c1-17-10-13-8(11-2-5-16)12-9(14-10)15-3-6-18-7-4-15/h16H,2-7H2,1H3,(H,11,12,13,14). The molecule has 1 aliphatic heterocycles. The van der Waals surface area contributed by atoms with Crippen LogP contribution in [0, 0.1) is 0 Å². The van der Waals surface area contributed by atoms with E-state index in [1.54, 1.807) is 0 Å². The van der Waals surface area contributed by atoms with Crippen molar-refractivity contribution < 1.29 is 14.6 Å². The fourth-order valence-corrected chi connectivity index (χ4v) is 1.59. The Balaban J connectivity index is 2.16. The number of aliphatic hydroxyl groups excluding tert-OH is 1. The number of anilines is 2. The normalized spacial score (nSPS) is 15.6. The SMILES string of the molecule is COc1nc(NCCO)nc(N2CCOCC2)n1. The van der Waals surface area contributed by atoms with Gasteiger partial charge in [0.25, 0.3) is 0 Å². The van der Waals surface area contributed by atoms with Crippen molar-refractivity contribution in [2.45, 2.75) is 0 Å². The van der Waals surface area contributed by atoms with Crippen molar-refractivity contribution in [1.82, 2.24) is 15.0 Å². The minimum absolute atomic E-state index is 0.0148. The molecule has 2 N–H and O–H groups in total. The zero-order valence-corrected chi connectivity index (χ0v) is 10.3. The topological polar surface area (TPSA) is 92.6 Å². The summed E-state index contributed by atoms with van der Waals surface area (Å²) in [6.45, 7) is 3.20. The van der Waals surface area contributed by atoms with Crippen molar-refractivity contribution in [3.63, 3.8) is 0 Å². The van der Waals surface area contributed by atoms with Crippen LogP contribution in [0.1, 0.15) is 0 Å². The van der Waals surface area contributed by atoms with Crippen LogP contribution in [0.15, 0.2) is 0 Å². The third kappa shape index (κ3) is 3.17. The molecule has 8 heteroatoms. The van der Waals surface area contributed by atoms with E-state index in [0.717, 1.165) is 13.1 Å². The van der Waals surface area contributed by atoms with Crippen molar-refractivity contribution in [3.05, 3.63) is 0 Å². The lowest BCUT2D eigenvalue weighted by Gasteiger charge is -2.26. The lowest BCUT2D eigenvalue weighted by atomic mass is 10.4. The van der Waals surface area contributed by atoms with E-state index in [4.69, 9.17) is 14.6 Å². The van der Waals surface area contributed by atoms with Gasteiger partial charge in [-0.2, -0.15) is 15.0 Å². The molecule has 2 heterocycles. The highest BCUT2D eigenvalue weighted by Gasteiger charge is 2.16. The van der Waals surface area contributed by atoms with Gasteiger partial charge in [-0.15, -0.1) is 0 Å². The first-order valence-corrected chi connectivity index (χ1v) is 5.81. The number of nitrogens with one attached hydrogen (secondary N) is 1. The Morgan fingerprint density at radius 1 is 1.33 bits per heavy atom. The Hall–Kier alpha value is -1.67. The number of morpholine rings is 1. The van der Waals surface area contributed by atoms with E-state index < -0.39 is 0 Å². The van der Waals surface area contributed by atoms with Gasteiger partial charge in [0.05, 0.1) is 26.9 Å². The van der Waals surface area contributed by atoms with Gasteiger partial charge in [-0.1, -0.05) is 0 Å². The summed E-state index contributed by atoms with van der Waals surface area (Å²) in [5.74, 6) is 0.961. The first-order chi connectivity index (χ1) is 8.83. The number of hydrogen-bond donors (Lipinski definition) is 2. The fourth-order valence-electron chi connectivity index (χ4n) is 1.59. The van der Waals surface area contributed by atoms with Crippen LogP contribution in [0.2, 0.25) is 0 Å². The van der Waals surface area contributed by atoms with Crippen LogP contribution >= 0.6 is 0 Å². The minimum atomic E-state index is 0.0148. The van der Waals surface area contributed by atoms with Gasteiger partial charge in [0.15, 0.2) is 0 Å². The number of nitrogens with zero attached hydrogens (tertiary/aromatic N) is 4. The minimum Gasteiger partial charge on any atom is -0.467 e. The smallest absolute Gasteiger partial charge is 0.322 e. The van der Waals surface area contributed by atoms with E-state index in [0.29, 0.717) is 31.7 Å². The van der Waals surface area contributed by atoms with Crippen LogP contribution < -0.4 is 15.0 Å². The van der Waals surface area contributed by atoms with Gasteiger partial charge >= 0.3 is 6.01 Å². The zero-order valence-electron chi connectivity index (χ0n) is 10.3. The van der Waals surface area contributed by atoms with E-state index in [9.17, 15) is 0 Å². The first-order valence-electron chi connectivity index (χ1n) is 5.81. The van der Waals surface area contributed by atoms with Crippen LogP contribution in [0.4, 0.5) is 11.9 Å². The molecule has 0 aliphatic carbocycles. The molecule has 100 valence electrons. The second-order valence-electron chi connectivity index (χ2n) is 3.70. The van der Waals surface area contributed by atoms with Gasteiger partial charge in [0.2, 0.25) is 11.9 Å². The molecular formula is C10H17N5O3. The van der Waals surface area contributed by atoms with Crippen molar-refractivity contribution >= 4 is 11.9 Å². The molecule has 0 amide bonds. The first kappa shape index (κ1) is 12.8. The van der Waals surface area contributed by atoms with Gasteiger partial charge in [-0.25, -0.2) is 0 Å². The highest BCUT2D eigenvalue weighted by atomic mass is 16.5. The Kier molecular flexibility index (Phi) is 4.48. The molecule has 0 saturated carbocycles. The summed E-state index contributed by atoms with van der Waals surface area (Å²) in [5.41, 5.74) is 0. The van der Waals surface area contributed by atoms with E-state index >= 15 is 0 Å². The second kappa shape index (κ2) is 6.31. The average molecular weight is 255 g/mol. The number of hydrogen-bond acceptors (Lipinski definition) is 8. The molecule has 1 saturated heterocycles. The lowest BCUT2D eigenvalue weighted by molar-refractivity contribution is 0.122. The summed E-state index contributed by atoms with van der Waals surface area (Å²) in [7, 11) is 1.51. The van der Waals surface area contributed by atoms with Crippen molar-refractivity contribution in [1.29, 1.82) is 0 Å². The molecule has 1 fully saturated rings. The molecule has 0 bridgehead atoms. The Morgan fingerprint density at radius 2 is 2.11 bits per heavy atom. The fraction of sp³-hybridized carbons (Fsp3) is 0.700. The third-order valence-electron chi connectivity index (χ3n) is 2.47. The molecule has 0 radical (unpaired) electrons. The molecule has 1 aliphatic rings. The molecule has 18 heavy (non-hydrogen) atoms. The maximum absolute atomic E-state index is 8.78. The number of methoxy groups -OCH3 is 1. The highest BCUT2D eigenvalue weighted by Crippen LogP contribution is 2.15. The quantitative estimate of drug-likeness (QED) is 0.701. The van der Waals surface area contributed by atoms with Crippen LogP contribution in [-0.2, 0) is 4.74 Å². The maximum atomic E-state index is 8.78. The van der Waals surface area contributed by atoms with Gasteiger partial charge < -0.3 is 24.8 Å². The van der Waals surface area contributed by atoms with Gasteiger partial charge in [-0.3, -0.25) is 0 Å². The number of aromatic nitrogens is 3. The number of rotatable bonds is 5. The Bertz CT molecular complexity index is 384. The van der Waals surface area contributed by atoms with Gasteiger partial charge in [0, 0.05) is 19.6 Å². The summed E-state index contributed by atoms with van der Waals surface area (Å²) < 4.78 is 10.3. The van der Waals surface area contributed by atoms with E-state index in [1.165, 1.54) is 7.11 Å². The molecular weight excluding hydrogens is 238 g/mol. The van der Waals surface area contributed by atoms with Crippen molar-refractivity contribution in [3.8, 4) is 6.01 Å². The van der Waals surface area contributed by atoms with E-state index in [-0.39, 0.29) is 12.6 Å². The summed E-state index contributed by atoms with van der Waals surface area (Å²) in [6.07, 6.45) is 0. The van der Waals surface area contributed by atoms with E-state index in [2.05, 4.69) is 20.3 Å². The van der Waals surface area contributed by atoms with Gasteiger partial charge in [-0.05, 0) is 0 Å². The molecule has 1 aromatic rings. The lowest BCUT2D eigenvalue weighted by Crippen LogP contribution is -2.37. The molecule has 8 nitrogen and oxygen atoms in total. The maximum Gasteiger partial charge on any atom is 0.322 e. The molecule has 0 atom stereocenters. The second-order valence-corrected chi connectivity index (χ2v) is 3.70. The third-order valence-corrected chi connectivity index (χ3v) is 2.47. The summed E-state index contributed by atoms with van der Waals surface area (Å²) in [6, 6.07) is 0.256. The molecule has 2 rings (SSSR count). The van der Waals surface area contributed by atoms with E-state index in [1.807, 2.05) is 4.90 Å². The molecule has 0 aromatic carbocycles. The predicted molar refractivity (Wildman–Crippen MR) is 65.0 cm³/mol. The zero-order chi connectivity index (χ0) is 12.8. The van der Waals surface area contributed by atoms with Crippen LogP contribution in [0.3, 0.4) is 0 Å². The van der Waals surface area contributed by atoms with Crippen LogP contribution in [-0.4, -0.2) is 66.6 Å².